The number of sulfonamides is 1. The van der Waals surface area contributed by atoms with Crippen LogP contribution in [0.1, 0.15) is 18.4 Å². The fraction of sp³-hybridized carbons (Fsp3) is 0.462. The Morgan fingerprint density at radius 3 is 2.60 bits per heavy atom. The zero-order valence-corrected chi connectivity index (χ0v) is 13.1. The van der Waals surface area contributed by atoms with Gasteiger partial charge in [0.05, 0.1) is 16.7 Å². The van der Waals surface area contributed by atoms with Gasteiger partial charge >= 0.3 is 0 Å². The van der Waals surface area contributed by atoms with Crippen molar-refractivity contribution in [3.8, 4) is 6.07 Å². The number of nitrogens with one attached hydrogen (secondary N) is 1. The molecule has 0 atom stereocenters. The van der Waals surface area contributed by atoms with Gasteiger partial charge in [0.25, 0.3) is 0 Å². The van der Waals surface area contributed by atoms with Crippen LogP contribution in [-0.2, 0) is 10.0 Å². The molecule has 0 amide bonds. The smallest absolute Gasteiger partial charge is 0.242 e. The number of halogens is 1. The van der Waals surface area contributed by atoms with E-state index < -0.39 is 10.0 Å². The van der Waals surface area contributed by atoms with Crippen molar-refractivity contribution in [1.29, 1.82) is 5.26 Å². The molecule has 0 fully saturated rings. The fourth-order valence-corrected chi connectivity index (χ4v) is 3.24. The molecular formula is C13H18ClN3O2S. The lowest BCUT2D eigenvalue weighted by Gasteiger charge is -2.10. The molecule has 20 heavy (non-hydrogen) atoms. The van der Waals surface area contributed by atoms with E-state index in [4.69, 9.17) is 16.9 Å². The molecule has 1 aromatic carbocycles. The van der Waals surface area contributed by atoms with E-state index in [0.29, 0.717) is 12.1 Å². The molecule has 0 aromatic heterocycles. The van der Waals surface area contributed by atoms with Crippen LogP contribution < -0.4 is 4.72 Å². The Hall–Kier alpha value is -1.13. The highest BCUT2D eigenvalue weighted by atomic mass is 35.5. The minimum Gasteiger partial charge on any atom is -0.309 e. The zero-order valence-electron chi connectivity index (χ0n) is 11.6. The maximum atomic E-state index is 12.1. The molecule has 0 saturated carbocycles. The Balaban J connectivity index is 2.63. The lowest BCUT2D eigenvalue weighted by molar-refractivity contribution is 0.394. The molecule has 0 spiro atoms. The number of hydrogen-bond donors (Lipinski definition) is 1. The summed E-state index contributed by atoms with van der Waals surface area (Å²) in [7, 11) is 0.324. The van der Waals surface area contributed by atoms with Crippen molar-refractivity contribution in [1.82, 2.24) is 9.62 Å². The molecule has 110 valence electrons. The van der Waals surface area contributed by atoms with Gasteiger partial charge in [-0.15, -0.1) is 0 Å². The topological polar surface area (TPSA) is 73.2 Å². The summed E-state index contributed by atoms with van der Waals surface area (Å²) in [5, 5.41) is 8.78. The number of unbranched alkanes of at least 4 members (excludes halogenated alkanes) is 1. The molecule has 0 aliphatic rings. The Kier molecular flexibility index (Phi) is 6.43. The van der Waals surface area contributed by atoms with E-state index >= 15 is 0 Å². The summed E-state index contributed by atoms with van der Waals surface area (Å²) < 4.78 is 26.6. The van der Waals surface area contributed by atoms with Gasteiger partial charge in [-0.25, -0.2) is 13.1 Å². The van der Waals surface area contributed by atoms with Gasteiger partial charge < -0.3 is 4.90 Å². The second kappa shape index (κ2) is 7.60. The monoisotopic (exact) mass is 315 g/mol. The zero-order chi connectivity index (χ0) is 15.2. The van der Waals surface area contributed by atoms with Gasteiger partial charge in [-0.05, 0) is 51.7 Å². The van der Waals surface area contributed by atoms with Crippen molar-refractivity contribution < 1.29 is 8.42 Å². The standard InChI is InChI=1S/C13H18ClN3O2S/c1-17(2)8-4-3-7-16-20(18,19)13-6-5-11(10-15)9-12(13)14/h5-6,9,16H,3-4,7-8H2,1-2H3. The van der Waals surface area contributed by atoms with E-state index in [1.54, 1.807) is 0 Å². The lowest BCUT2D eigenvalue weighted by Crippen LogP contribution is -2.25. The van der Waals surface area contributed by atoms with Crippen molar-refractivity contribution in [2.75, 3.05) is 27.2 Å². The summed E-state index contributed by atoms with van der Waals surface area (Å²) in [5.41, 5.74) is 0.333. The van der Waals surface area contributed by atoms with Crippen molar-refractivity contribution >= 4 is 21.6 Å². The van der Waals surface area contributed by atoms with Crippen LogP contribution in [0.4, 0.5) is 0 Å². The highest BCUT2D eigenvalue weighted by Gasteiger charge is 2.17. The molecule has 0 aliphatic carbocycles. The lowest BCUT2D eigenvalue weighted by atomic mass is 10.2. The summed E-state index contributed by atoms with van der Waals surface area (Å²) in [6.45, 7) is 1.28. The van der Waals surface area contributed by atoms with Crippen molar-refractivity contribution in [2.45, 2.75) is 17.7 Å². The van der Waals surface area contributed by atoms with Crippen LogP contribution in [0.5, 0.6) is 0 Å². The summed E-state index contributed by atoms with van der Waals surface area (Å²) in [4.78, 5) is 2.05. The van der Waals surface area contributed by atoms with Crippen LogP contribution in [0.25, 0.3) is 0 Å². The summed E-state index contributed by atoms with van der Waals surface area (Å²) in [5.74, 6) is 0. The van der Waals surface area contributed by atoms with Gasteiger partial charge in [-0.3, -0.25) is 0 Å². The third-order valence-electron chi connectivity index (χ3n) is 2.67. The number of rotatable bonds is 7. The number of nitrogens with zero attached hydrogens (tertiary/aromatic N) is 2. The molecule has 0 saturated heterocycles. The number of benzene rings is 1. The molecule has 1 rings (SSSR count). The second-order valence-electron chi connectivity index (χ2n) is 4.67. The first kappa shape index (κ1) is 16.9. The number of hydrogen-bond acceptors (Lipinski definition) is 4. The van der Waals surface area contributed by atoms with Gasteiger partial charge in [0.1, 0.15) is 4.90 Å². The maximum absolute atomic E-state index is 12.1. The summed E-state index contributed by atoms with van der Waals surface area (Å²) in [6, 6.07) is 6.05. The average molecular weight is 316 g/mol. The van der Waals surface area contributed by atoms with Gasteiger partial charge in [0, 0.05) is 6.54 Å². The van der Waals surface area contributed by atoms with Crippen molar-refractivity contribution in [3.05, 3.63) is 28.8 Å². The summed E-state index contributed by atoms with van der Waals surface area (Å²) >= 11 is 5.90. The first-order chi connectivity index (χ1) is 9.36. The van der Waals surface area contributed by atoms with Gasteiger partial charge in [0.2, 0.25) is 10.0 Å². The Morgan fingerprint density at radius 1 is 1.35 bits per heavy atom. The van der Waals surface area contributed by atoms with E-state index in [1.165, 1.54) is 18.2 Å². The molecule has 7 heteroatoms. The quantitative estimate of drug-likeness (QED) is 0.779. The van der Waals surface area contributed by atoms with E-state index in [1.807, 2.05) is 25.1 Å². The molecule has 5 nitrogen and oxygen atoms in total. The van der Waals surface area contributed by atoms with Crippen LogP contribution in [0, 0.1) is 11.3 Å². The van der Waals surface area contributed by atoms with E-state index in [0.717, 1.165) is 19.4 Å². The van der Waals surface area contributed by atoms with Crippen LogP contribution >= 0.6 is 11.6 Å². The maximum Gasteiger partial charge on any atom is 0.242 e. The Bertz CT molecular complexity index is 594. The highest BCUT2D eigenvalue weighted by molar-refractivity contribution is 7.89. The molecule has 0 unspecified atom stereocenters. The Morgan fingerprint density at radius 2 is 2.05 bits per heavy atom. The molecule has 0 radical (unpaired) electrons. The van der Waals surface area contributed by atoms with Crippen LogP contribution in [0.3, 0.4) is 0 Å². The molecule has 0 bridgehead atoms. The molecular weight excluding hydrogens is 298 g/mol. The second-order valence-corrected chi connectivity index (χ2v) is 6.81. The third kappa shape index (κ3) is 5.10. The predicted molar refractivity (Wildman–Crippen MR) is 79.1 cm³/mol. The van der Waals surface area contributed by atoms with E-state index in [-0.39, 0.29) is 9.92 Å². The first-order valence-electron chi connectivity index (χ1n) is 6.21. The normalized spacial score (nSPS) is 11.6. The van der Waals surface area contributed by atoms with Crippen molar-refractivity contribution in [2.24, 2.45) is 0 Å². The third-order valence-corrected chi connectivity index (χ3v) is 4.62. The first-order valence-corrected chi connectivity index (χ1v) is 8.07. The molecule has 0 aliphatic heterocycles. The van der Waals surface area contributed by atoms with Crippen LogP contribution in [0.15, 0.2) is 23.1 Å². The average Bonchev–Trinajstić information content (AvgIpc) is 2.37. The summed E-state index contributed by atoms with van der Waals surface area (Å²) in [6.07, 6.45) is 1.67. The van der Waals surface area contributed by atoms with E-state index in [2.05, 4.69) is 4.72 Å². The SMILES string of the molecule is CN(C)CCCCNS(=O)(=O)c1ccc(C#N)cc1Cl. The molecule has 1 N–H and O–H groups in total. The van der Waals surface area contributed by atoms with Crippen molar-refractivity contribution in [3.63, 3.8) is 0 Å². The predicted octanol–water partition coefficient (Wildman–Crippen LogP) is 1.83. The molecule has 0 heterocycles. The Labute approximate surface area is 125 Å². The van der Waals surface area contributed by atoms with Crippen LogP contribution in [0.2, 0.25) is 5.02 Å². The van der Waals surface area contributed by atoms with Gasteiger partial charge in [-0.2, -0.15) is 5.26 Å². The van der Waals surface area contributed by atoms with Crippen LogP contribution in [-0.4, -0.2) is 40.5 Å². The highest BCUT2D eigenvalue weighted by Crippen LogP contribution is 2.22. The van der Waals surface area contributed by atoms with Gasteiger partial charge in [-0.1, -0.05) is 11.6 Å². The minimum atomic E-state index is -3.62. The van der Waals surface area contributed by atoms with E-state index in [9.17, 15) is 8.42 Å². The minimum absolute atomic E-state index is 0.00535. The molecule has 1 aromatic rings. The van der Waals surface area contributed by atoms with Gasteiger partial charge in [0.15, 0.2) is 0 Å². The largest absolute Gasteiger partial charge is 0.309 e. The fourth-order valence-electron chi connectivity index (χ4n) is 1.63. The number of nitriles is 1.